The Morgan fingerprint density at radius 1 is 1.28 bits per heavy atom. The third-order valence-corrected chi connectivity index (χ3v) is 4.86. The van der Waals surface area contributed by atoms with Crippen molar-refractivity contribution in [3.05, 3.63) is 47.8 Å². The number of rotatable bonds is 2. The average Bonchev–Trinajstić information content (AvgIpc) is 3.28. The van der Waals surface area contributed by atoms with E-state index in [2.05, 4.69) is 10.4 Å². The van der Waals surface area contributed by atoms with E-state index in [1.54, 1.807) is 4.90 Å². The first-order valence-corrected chi connectivity index (χ1v) is 8.06. The number of carbonyl (C=O) groups excluding carboxylic acids is 2. The summed E-state index contributed by atoms with van der Waals surface area (Å²) in [6.45, 7) is 1.02. The van der Waals surface area contributed by atoms with E-state index < -0.39 is 11.6 Å². The molecule has 130 valence electrons. The lowest BCUT2D eigenvalue weighted by molar-refractivity contribution is -0.119. The minimum atomic E-state index is -0.754. The minimum Gasteiger partial charge on any atom is -0.349 e. The van der Waals surface area contributed by atoms with Crippen molar-refractivity contribution in [2.24, 2.45) is 0 Å². The Morgan fingerprint density at radius 2 is 2.12 bits per heavy atom. The highest BCUT2D eigenvalue weighted by Crippen LogP contribution is 2.31. The first kappa shape index (κ1) is 15.7. The first-order chi connectivity index (χ1) is 12.0. The van der Waals surface area contributed by atoms with Gasteiger partial charge < -0.3 is 10.2 Å². The molecule has 1 aromatic carbocycles. The van der Waals surface area contributed by atoms with Gasteiger partial charge in [-0.2, -0.15) is 5.10 Å². The number of amides is 2. The Balaban J connectivity index is 1.52. The van der Waals surface area contributed by atoms with Gasteiger partial charge in [-0.15, -0.1) is 0 Å². The molecule has 2 aliphatic rings. The molecule has 2 amide bonds. The van der Waals surface area contributed by atoms with E-state index in [1.165, 1.54) is 23.1 Å². The molecule has 8 heteroatoms. The Bertz CT molecular complexity index is 866. The zero-order valence-corrected chi connectivity index (χ0v) is 13.3. The number of benzene rings is 1. The maximum atomic E-state index is 13.8. The van der Waals surface area contributed by atoms with Crippen molar-refractivity contribution in [2.75, 3.05) is 13.1 Å². The zero-order chi connectivity index (χ0) is 17.6. The second-order valence-electron chi connectivity index (χ2n) is 6.57. The fourth-order valence-electron chi connectivity index (χ4n) is 3.54. The van der Waals surface area contributed by atoms with Gasteiger partial charge >= 0.3 is 0 Å². The first-order valence-electron chi connectivity index (χ1n) is 8.06. The van der Waals surface area contributed by atoms with Crippen LogP contribution in [0.5, 0.6) is 0 Å². The lowest BCUT2D eigenvalue weighted by Crippen LogP contribution is -2.44. The average molecular weight is 346 g/mol. The van der Waals surface area contributed by atoms with E-state index >= 15 is 0 Å². The van der Waals surface area contributed by atoms with Gasteiger partial charge in [0.2, 0.25) is 5.91 Å². The Kier molecular flexibility index (Phi) is 3.55. The highest BCUT2D eigenvalue weighted by molar-refractivity contribution is 5.94. The van der Waals surface area contributed by atoms with Gasteiger partial charge in [-0.3, -0.25) is 9.59 Å². The molecule has 1 atom stereocenters. The van der Waals surface area contributed by atoms with E-state index in [-0.39, 0.29) is 23.0 Å². The number of nitrogens with one attached hydrogen (secondary N) is 1. The molecule has 1 aromatic heterocycles. The standard InChI is InChI=1S/C17H16F2N4O2/c18-12-1-2-14(13(19)7-12)23-9-11(8-20-23)16(25)22-6-5-17(10-22)4-3-15(24)21-17/h1-2,7-9H,3-6,10H2,(H,21,24). The smallest absolute Gasteiger partial charge is 0.257 e. The minimum absolute atomic E-state index is 0.0221. The van der Waals surface area contributed by atoms with Crippen molar-refractivity contribution in [3.8, 4) is 5.69 Å². The zero-order valence-electron chi connectivity index (χ0n) is 13.3. The Morgan fingerprint density at radius 3 is 2.84 bits per heavy atom. The fraction of sp³-hybridized carbons (Fsp3) is 0.353. The third-order valence-electron chi connectivity index (χ3n) is 4.86. The second-order valence-corrected chi connectivity index (χ2v) is 6.57. The van der Waals surface area contributed by atoms with Crippen LogP contribution in [0.2, 0.25) is 0 Å². The summed E-state index contributed by atoms with van der Waals surface area (Å²) < 4.78 is 28.1. The van der Waals surface area contributed by atoms with E-state index in [1.807, 2.05) is 0 Å². The molecule has 4 rings (SSSR count). The predicted octanol–water partition coefficient (Wildman–Crippen LogP) is 1.65. The van der Waals surface area contributed by atoms with Crippen molar-refractivity contribution >= 4 is 11.8 Å². The fourth-order valence-corrected chi connectivity index (χ4v) is 3.54. The molecular formula is C17H16F2N4O2. The molecule has 1 N–H and O–H groups in total. The number of nitrogens with zero attached hydrogens (tertiary/aromatic N) is 3. The van der Waals surface area contributed by atoms with Gasteiger partial charge in [0.25, 0.3) is 5.91 Å². The summed E-state index contributed by atoms with van der Waals surface area (Å²) in [6.07, 6.45) is 4.74. The maximum Gasteiger partial charge on any atom is 0.257 e. The molecule has 2 aromatic rings. The molecular weight excluding hydrogens is 330 g/mol. The normalized spacial score (nSPS) is 22.6. The van der Waals surface area contributed by atoms with Crippen LogP contribution in [0.4, 0.5) is 8.78 Å². The predicted molar refractivity (Wildman–Crippen MR) is 84.1 cm³/mol. The highest BCUT2D eigenvalue weighted by atomic mass is 19.1. The molecule has 0 radical (unpaired) electrons. The van der Waals surface area contributed by atoms with Crippen molar-refractivity contribution in [1.82, 2.24) is 20.0 Å². The maximum absolute atomic E-state index is 13.8. The summed E-state index contributed by atoms with van der Waals surface area (Å²) in [4.78, 5) is 25.8. The largest absolute Gasteiger partial charge is 0.349 e. The molecule has 6 nitrogen and oxygen atoms in total. The van der Waals surface area contributed by atoms with Gasteiger partial charge in [0.1, 0.15) is 11.5 Å². The Labute approximate surface area is 142 Å². The molecule has 25 heavy (non-hydrogen) atoms. The van der Waals surface area contributed by atoms with Crippen LogP contribution >= 0.6 is 0 Å². The van der Waals surface area contributed by atoms with Crippen LogP contribution in [0.25, 0.3) is 5.69 Å². The summed E-state index contributed by atoms with van der Waals surface area (Å²) in [5.41, 5.74) is 0.0812. The van der Waals surface area contributed by atoms with E-state index in [9.17, 15) is 18.4 Å². The summed E-state index contributed by atoms with van der Waals surface area (Å²) >= 11 is 0. The lowest BCUT2D eigenvalue weighted by atomic mass is 9.97. The number of carbonyl (C=O) groups is 2. The van der Waals surface area contributed by atoms with Crippen molar-refractivity contribution in [2.45, 2.75) is 24.8 Å². The highest BCUT2D eigenvalue weighted by Gasteiger charge is 2.44. The summed E-state index contributed by atoms with van der Waals surface area (Å²) in [5, 5.41) is 6.98. The van der Waals surface area contributed by atoms with Crippen LogP contribution in [-0.4, -0.2) is 45.1 Å². The van der Waals surface area contributed by atoms with Gasteiger partial charge in [0, 0.05) is 31.8 Å². The van der Waals surface area contributed by atoms with Gasteiger partial charge in [0.05, 0.1) is 17.3 Å². The van der Waals surface area contributed by atoms with Crippen LogP contribution in [-0.2, 0) is 4.79 Å². The van der Waals surface area contributed by atoms with Gasteiger partial charge in [-0.05, 0) is 25.0 Å². The Hall–Kier alpha value is -2.77. The monoisotopic (exact) mass is 346 g/mol. The molecule has 0 saturated carbocycles. The molecule has 1 unspecified atom stereocenters. The summed E-state index contributed by atoms with van der Waals surface area (Å²) in [5.74, 6) is -1.62. The number of likely N-dealkylation sites (tertiary alicyclic amines) is 1. The van der Waals surface area contributed by atoms with Crippen molar-refractivity contribution < 1.29 is 18.4 Å². The van der Waals surface area contributed by atoms with Crippen LogP contribution in [0.3, 0.4) is 0 Å². The number of halogens is 2. The third kappa shape index (κ3) is 2.77. The van der Waals surface area contributed by atoms with Crippen molar-refractivity contribution in [3.63, 3.8) is 0 Å². The SMILES string of the molecule is O=C1CCC2(CCN(C(=O)c3cnn(-c4ccc(F)cc4F)c3)C2)N1. The molecule has 2 fully saturated rings. The van der Waals surface area contributed by atoms with E-state index in [0.29, 0.717) is 25.1 Å². The molecule has 0 bridgehead atoms. The van der Waals surface area contributed by atoms with Crippen LogP contribution in [0.15, 0.2) is 30.6 Å². The van der Waals surface area contributed by atoms with Crippen molar-refractivity contribution in [1.29, 1.82) is 0 Å². The number of hydrogen-bond donors (Lipinski definition) is 1. The molecule has 1 spiro atoms. The summed E-state index contributed by atoms with van der Waals surface area (Å²) in [6, 6.07) is 3.17. The van der Waals surface area contributed by atoms with E-state index in [4.69, 9.17) is 0 Å². The van der Waals surface area contributed by atoms with Crippen LogP contribution in [0.1, 0.15) is 29.6 Å². The molecule has 3 heterocycles. The summed E-state index contributed by atoms with van der Waals surface area (Å²) in [7, 11) is 0. The quantitative estimate of drug-likeness (QED) is 0.899. The number of hydrogen-bond acceptors (Lipinski definition) is 3. The number of aromatic nitrogens is 2. The van der Waals surface area contributed by atoms with Crippen LogP contribution < -0.4 is 5.32 Å². The second kappa shape index (κ2) is 5.65. The van der Waals surface area contributed by atoms with E-state index in [0.717, 1.165) is 25.0 Å². The van der Waals surface area contributed by atoms with Gasteiger partial charge in [0.15, 0.2) is 5.82 Å². The van der Waals surface area contributed by atoms with Gasteiger partial charge in [-0.1, -0.05) is 0 Å². The molecule has 0 aliphatic carbocycles. The molecule has 2 saturated heterocycles. The molecule has 2 aliphatic heterocycles. The van der Waals surface area contributed by atoms with Crippen LogP contribution in [0, 0.1) is 11.6 Å². The topological polar surface area (TPSA) is 67.2 Å². The lowest BCUT2D eigenvalue weighted by Gasteiger charge is -2.23. The van der Waals surface area contributed by atoms with Gasteiger partial charge in [-0.25, -0.2) is 13.5 Å².